The third-order valence-electron chi connectivity index (χ3n) is 5.94. The molecule has 4 amide bonds. The van der Waals surface area contributed by atoms with Gasteiger partial charge in [-0.05, 0) is 57.9 Å². The Morgan fingerprint density at radius 3 is 1.66 bits per heavy atom. The Kier molecular flexibility index (Phi) is 17.5. The van der Waals surface area contributed by atoms with Crippen LogP contribution in [0.2, 0.25) is 0 Å². The highest BCUT2D eigenvalue weighted by Gasteiger charge is 2.31. The Hall–Kier alpha value is -3.79. The summed E-state index contributed by atoms with van der Waals surface area (Å²) in [6.07, 6.45) is -0.203. The van der Waals surface area contributed by atoms with E-state index in [4.69, 9.17) is 21.7 Å². The molecule has 0 rings (SSSR count). The van der Waals surface area contributed by atoms with Crippen molar-refractivity contribution in [2.45, 2.75) is 102 Å². The quantitative estimate of drug-likeness (QED) is 0.0676. The van der Waals surface area contributed by atoms with Crippen molar-refractivity contribution in [2.24, 2.45) is 17.4 Å². The summed E-state index contributed by atoms with van der Waals surface area (Å²) < 4.78 is 0. The minimum absolute atomic E-state index is 0.0769. The van der Waals surface area contributed by atoms with Crippen LogP contribution in [-0.4, -0.2) is 93.6 Å². The molecule has 0 radical (unpaired) electrons. The molecular weight excluding hydrogens is 544 g/mol. The van der Waals surface area contributed by atoms with Crippen LogP contribution in [0.5, 0.6) is 0 Å². The van der Waals surface area contributed by atoms with Crippen molar-refractivity contribution in [3.8, 4) is 0 Å². The minimum Gasteiger partial charge on any atom is -0.481 e. The number of rotatable bonds is 21. The number of carbonyl (C=O) groups is 7. The summed E-state index contributed by atoms with van der Waals surface area (Å²) in [6.45, 7) is 5.21. The predicted molar refractivity (Wildman–Crippen MR) is 145 cm³/mol. The average Bonchev–Trinajstić information content (AvgIpc) is 2.87. The molecule has 0 aliphatic rings. The SMILES string of the molecule is CC(C)C[C@H](NC(=O)[C@H](C)NC(=O)[C@@H](N)CCC(=O)O)C(=O)N[C@@H](CCC(=O)O)C(=O)N[C@@H](CCCCN)C(=O)O. The maximum Gasteiger partial charge on any atom is 0.326 e. The second kappa shape index (κ2) is 19.3. The van der Waals surface area contributed by atoms with Crippen molar-refractivity contribution >= 4 is 41.5 Å². The van der Waals surface area contributed by atoms with Crippen LogP contribution in [0, 0.1) is 5.92 Å². The van der Waals surface area contributed by atoms with Crippen molar-refractivity contribution in [1.29, 1.82) is 0 Å². The maximum atomic E-state index is 13.2. The van der Waals surface area contributed by atoms with Gasteiger partial charge in [-0.25, -0.2) is 4.79 Å². The summed E-state index contributed by atoms with van der Waals surface area (Å²) in [7, 11) is 0. The van der Waals surface area contributed by atoms with Crippen LogP contribution in [0.4, 0.5) is 0 Å². The number of aliphatic carboxylic acids is 3. The number of carbonyl (C=O) groups excluding carboxylic acids is 4. The number of hydrogen-bond donors (Lipinski definition) is 9. The first-order valence-electron chi connectivity index (χ1n) is 13.4. The van der Waals surface area contributed by atoms with Gasteiger partial charge in [0.2, 0.25) is 23.6 Å². The van der Waals surface area contributed by atoms with Crippen LogP contribution in [0.1, 0.15) is 72.1 Å². The van der Waals surface area contributed by atoms with Gasteiger partial charge in [0.15, 0.2) is 0 Å². The highest BCUT2D eigenvalue weighted by Crippen LogP contribution is 2.09. The lowest BCUT2D eigenvalue weighted by molar-refractivity contribution is -0.143. The maximum absolute atomic E-state index is 13.2. The standard InChI is InChI=1S/C25H44N6O10/c1-13(2)12-18(31-21(36)14(3)28-22(37)15(27)7-9-19(32)33)24(39)29-16(8-10-20(34)35)23(38)30-17(25(40)41)6-4-5-11-26/h13-18H,4-12,26-27H2,1-3H3,(H,28,37)(H,29,39)(H,30,38)(H,31,36)(H,32,33)(H,34,35)(H,40,41)/t14-,15-,16-,17-,18-/m0/s1. The fourth-order valence-electron chi connectivity index (χ4n) is 3.63. The first-order valence-corrected chi connectivity index (χ1v) is 13.4. The van der Waals surface area contributed by atoms with E-state index in [1.54, 1.807) is 13.8 Å². The van der Waals surface area contributed by atoms with Crippen molar-refractivity contribution in [3.63, 3.8) is 0 Å². The van der Waals surface area contributed by atoms with Gasteiger partial charge in [-0.15, -0.1) is 0 Å². The molecule has 41 heavy (non-hydrogen) atoms. The largest absolute Gasteiger partial charge is 0.481 e. The molecule has 0 aliphatic carbocycles. The molecule has 234 valence electrons. The number of hydrogen-bond acceptors (Lipinski definition) is 9. The molecule has 0 aromatic rings. The molecule has 0 aromatic carbocycles. The molecule has 16 nitrogen and oxygen atoms in total. The van der Waals surface area contributed by atoms with Gasteiger partial charge in [-0.1, -0.05) is 13.8 Å². The monoisotopic (exact) mass is 588 g/mol. The van der Waals surface area contributed by atoms with E-state index in [1.807, 2.05) is 0 Å². The van der Waals surface area contributed by atoms with Crippen LogP contribution in [0.25, 0.3) is 0 Å². The van der Waals surface area contributed by atoms with E-state index in [-0.39, 0.29) is 38.0 Å². The van der Waals surface area contributed by atoms with Crippen LogP contribution in [-0.2, 0) is 33.6 Å². The number of unbranched alkanes of at least 4 members (excludes halogenated alkanes) is 1. The number of carboxylic acid groups (broad SMARTS) is 3. The van der Waals surface area contributed by atoms with Crippen LogP contribution in [0.15, 0.2) is 0 Å². The molecule has 5 atom stereocenters. The van der Waals surface area contributed by atoms with Crippen molar-refractivity contribution in [3.05, 3.63) is 0 Å². The Morgan fingerprint density at radius 2 is 1.15 bits per heavy atom. The summed E-state index contributed by atoms with van der Waals surface area (Å²) in [6, 6.07) is -6.21. The summed E-state index contributed by atoms with van der Waals surface area (Å²) in [5.41, 5.74) is 11.1. The predicted octanol–water partition coefficient (Wildman–Crippen LogP) is -1.74. The highest BCUT2D eigenvalue weighted by molar-refractivity contribution is 5.95. The molecule has 0 aromatic heterocycles. The topological polar surface area (TPSA) is 280 Å². The van der Waals surface area contributed by atoms with E-state index < -0.39 is 78.2 Å². The Balaban J connectivity index is 5.56. The van der Waals surface area contributed by atoms with Gasteiger partial charge in [0.25, 0.3) is 0 Å². The minimum atomic E-state index is -1.41. The van der Waals surface area contributed by atoms with E-state index in [0.29, 0.717) is 19.4 Å². The van der Waals surface area contributed by atoms with Gasteiger partial charge in [0.1, 0.15) is 24.2 Å². The Bertz CT molecular complexity index is 929. The highest BCUT2D eigenvalue weighted by atomic mass is 16.4. The average molecular weight is 589 g/mol. The van der Waals surface area contributed by atoms with E-state index >= 15 is 0 Å². The molecule has 0 unspecified atom stereocenters. The van der Waals surface area contributed by atoms with E-state index in [1.165, 1.54) is 6.92 Å². The lowest BCUT2D eigenvalue weighted by Crippen LogP contribution is -2.58. The van der Waals surface area contributed by atoms with Crippen LogP contribution >= 0.6 is 0 Å². The molecule has 0 bridgehead atoms. The summed E-state index contributed by atoms with van der Waals surface area (Å²) in [5, 5.41) is 36.9. The number of nitrogens with one attached hydrogen (secondary N) is 4. The fraction of sp³-hybridized carbons (Fsp3) is 0.720. The van der Waals surface area contributed by atoms with Crippen LogP contribution < -0.4 is 32.7 Å². The van der Waals surface area contributed by atoms with Crippen molar-refractivity contribution in [2.75, 3.05) is 6.54 Å². The molecule has 0 saturated carbocycles. The first-order chi connectivity index (χ1) is 19.1. The second-order valence-electron chi connectivity index (χ2n) is 10.1. The molecule has 0 spiro atoms. The van der Waals surface area contributed by atoms with Gasteiger partial charge < -0.3 is 48.1 Å². The van der Waals surface area contributed by atoms with Gasteiger partial charge >= 0.3 is 17.9 Å². The third-order valence-corrected chi connectivity index (χ3v) is 5.94. The Labute approximate surface area is 238 Å². The molecule has 0 heterocycles. The summed E-state index contributed by atoms with van der Waals surface area (Å²) in [5.74, 6) is -7.04. The number of nitrogens with two attached hydrogens (primary N) is 2. The zero-order valence-electron chi connectivity index (χ0n) is 23.7. The zero-order valence-corrected chi connectivity index (χ0v) is 23.7. The van der Waals surface area contributed by atoms with Crippen molar-refractivity contribution in [1.82, 2.24) is 21.3 Å². The molecule has 11 N–H and O–H groups in total. The normalized spacial score (nSPS) is 14.6. The molecule has 0 fully saturated rings. The van der Waals surface area contributed by atoms with E-state index in [0.717, 1.165) is 0 Å². The van der Waals surface area contributed by atoms with Crippen LogP contribution in [0.3, 0.4) is 0 Å². The van der Waals surface area contributed by atoms with E-state index in [2.05, 4.69) is 21.3 Å². The number of carboxylic acids is 3. The summed E-state index contributed by atoms with van der Waals surface area (Å²) >= 11 is 0. The van der Waals surface area contributed by atoms with Gasteiger partial charge in [0.05, 0.1) is 6.04 Å². The fourth-order valence-corrected chi connectivity index (χ4v) is 3.63. The third kappa shape index (κ3) is 16.2. The van der Waals surface area contributed by atoms with Gasteiger partial charge in [-0.3, -0.25) is 28.8 Å². The first kappa shape index (κ1) is 37.2. The van der Waals surface area contributed by atoms with Crippen molar-refractivity contribution < 1.29 is 48.9 Å². The zero-order chi connectivity index (χ0) is 31.7. The second-order valence-corrected chi connectivity index (χ2v) is 10.1. The number of amides is 4. The lowest BCUT2D eigenvalue weighted by Gasteiger charge is -2.26. The molecular formula is C25H44N6O10. The summed E-state index contributed by atoms with van der Waals surface area (Å²) in [4.78, 5) is 84.5. The molecule has 0 saturated heterocycles. The smallest absolute Gasteiger partial charge is 0.326 e. The lowest BCUT2D eigenvalue weighted by atomic mass is 10.0. The van der Waals surface area contributed by atoms with Gasteiger partial charge in [-0.2, -0.15) is 0 Å². The molecule has 16 heteroatoms. The molecule has 0 aliphatic heterocycles. The van der Waals surface area contributed by atoms with Gasteiger partial charge in [0, 0.05) is 12.8 Å². The Morgan fingerprint density at radius 1 is 0.634 bits per heavy atom. The van der Waals surface area contributed by atoms with E-state index in [9.17, 15) is 38.7 Å².